The normalized spacial score (nSPS) is 11.8. The Morgan fingerprint density at radius 1 is 1.67 bits per heavy atom. The summed E-state index contributed by atoms with van der Waals surface area (Å²) in [6.07, 6.45) is 2.87. The molecule has 1 heterocycles. The van der Waals surface area contributed by atoms with Gasteiger partial charge in [0.1, 0.15) is 0 Å². The number of aryl methyl sites for hydroxylation is 1. The Morgan fingerprint density at radius 2 is 2.40 bits per heavy atom. The Balaban J connectivity index is 2.52. The first kappa shape index (κ1) is 11.6. The summed E-state index contributed by atoms with van der Waals surface area (Å²) < 4.78 is 1.83. The number of nitrogens with zero attached hydrogens (tertiary/aromatic N) is 3. The van der Waals surface area contributed by atoms with Crippen LogP contribution in [0, 0.1) is 6.92 Å². The molecule has 1 rings (SSSR count). The maximum atomic E-state index is 5.68. The molecule has 3 N–H and O–H groups in total. The van der Waals surface area contributed by atoms with Crippen LogP contribution in [-0.4, -0.2) is 22.3 Å². The fourth-order valence-corrected chi connectivity index (χ4v) is 1.18. The van der Waals surface area contributed by atoms with Crippen LogP contribution in [0.15, 0.2) is 11.2 Å². The smallest absolute Gasteiger partial charge is 0.188 e. The van der Waals surface area contributed by atoms with Crippen molar-refractivity contribution in [3.63, 3.8) is 0 Å². The van der Waals surface area contributed by atoms with Crippen molar-refractivity contribution in [2.75, 3.05) is 6.54 Å². The van der Waals surface area contributed by atoms with Gasteiger partial charge in [0.2, 0.25) is 0 Å². The molecule has 0 saturated carbocycles. The average molecular weight is 209 g/mol. The second-order valence-corrected chi connectivity index (χ2v) is 3.51. The predicted molar refractivity (Wildman–Crippen MR) is 61.6 cm³/mol. The number of nitrogens with two attached hydrogens (primary N) is 1. The molecule has 5 nitrogen and oxygen atoms in total. The number of nitrogens with one attached hydrogen (secondary N) is 1. The predicted octanol–water partition coefficient (Wildman–Crippen LogP) is 0.543. The molecular weight excluding hydrogens is 190 g/mol. The number of aromatic nitrogens is 2. The van der Waals surface area contributed by atoms with Crippen molar-refractivity contribution < 1.29 is 0 Å². The first-order chi connectivity index (χ1) is 7.15. The van der Waals surface area contributed by atoms with Gasteiger partial charge in [-0.15, -0.1) is 0 Å². The molecule has 0 spiro atoms. The minimum absolute atomic E-state index is 0.500. The van der Waals surface area contributed by atoms with Gasteiger partial charge >= 0.3 is 0 Å². The van der Waals surface area contributed by atoms with E-state index in [1.165, 1.54) is 0 Å². The molecule has 0 saturated heterocycles. The van der Waals surface area contributed by atoms with E-state index < -0.39 is 0 Å². The minimum atomic E-state index is 0.500. The zero-order chi connectivity index (χ0) is 11.3. The number of rotatable bonds is 4. The van der Waals surface area contributed by atoms with Gasteiger partial charge in [0.15, 0.2) is 5.96 Å². The highest BCUT2D eigenvalue weighted by Crippen LogP contribution is 2.06. The van der Waals surface area contributed by atoms with Crippen LogP contribution in [-0.2, 0) is 13.6 Å². The van der Waals surface area contributed by atoms with E-state index in [9.17, 15) is 0 Å². The van der Waals surface area contributed by atoms with Gasteiger partial charge in [0.25, 0.3) is 0 Å². The van der Waals surface area contributed by atoms with Gasteiger partial charge in [-0.25, -0.2) is 4.99 Å². The second kappa shape index (κ2) is 5.38. The van der Waals surface area contributed by atoms with Crippen LogP contribution in [0.2, 0.25) is 0 Å². The maximum Gasteiger partial charge on any atom is 0.188 e. The molecule has 84 valence electrons. The van der Waals surface area contributed by atoms with E-state index >= 15 is 0 Å². The molecule has 1 aromatic rings. The van der Waals surface area contributed by atoms with Gasteiger partial charge < -0.3 is 11.1 Å². The van der Waals surface area contributed by atoms with E-state index in [-0.39, 0.29) is 0 Å². The van der Waals surface area contributed by atoms with E-state index in [2.05, 4.69) is 22.3 Å². The SMILES string of the molecule is CCCNC(N)=NCc1cnn(C)c1C. The molecule has 0 amide bonds. The van der Waals surface area contributed by atoms with E-state index in [1.54, 1.807) is 0 Å². The molecule has 0 radical (unpaired) electrons. The van der Waals surface area contributed by atoms with E-state index in [4.69, 9.17) is 5.73 Å². The lowest BCUT2D eigenvalue weighted by molar-refractivity contribution is 0.737. The summed E-state index contributed by atoms with van der Waals surface area (Å²) >= 11 is 0. The molecule has 0 atom stereocenters. The van der Waals surface area contributed by atoms with Crippen molar-refractivity contribution in [1.82, 2.24) is 15.1 Å². The summed E-state index contributed by atoms with van der Waals surface area (Å²) in [5.41, 5.74) is 7.91. The summed E-state index contributed by atoms with van der Waals surface area (Å²) in [6, 6.07) is 0. The topological polar surface area (TPSA) is 68.2 Å². The maximum absolute atomic E-state index is 5.68. The van der Waals surface area contributed by atoms with Gasteiger partial charge in [-0.2, -0.15) is 5.10 Å². The summed E-state index contributed by atoms with van der Waals surface area (Å²) in [7, 11) is 1.92. The number of aliphatic imine (C=N–C) groups is 1. The molecule has 15 heavy (non-hydrogen) atoms. The van der Waals surface area contributed by atoms with E-state index in [0.717, 1.165) is 24.2 Å². The third kappa shape index (κ3) is 3.27. The van der Waals surface area contributed by atoms with Crippen LogP contribution in [0.1, 0.15) is 24.6 Å². The van der Waals surface area contributed by atoms with Gasteiger partial charge in [-0.05, 0) is 13.3 Å². The zero-order valence-corrected chi connectivity index (χ0v) is 9.62. The summed E-state index contributed by atoms with van der Waals surface area (Å²) in [6.45, 7) is 5.56. The molecule has 0 bridgehead atoms. The van der Waals surface area contributed by atoms with Crippen molar-refractivity contribution >= 4 is 5.96 Å². The number of guanidine groups is 1. The fraction of sp³-hybridized carbons (Fsp3) is 0.600. The van der Waals surface area contributed by atoms with Crippen LogP contribution >= 0.6 is 0 Å². The van der Waals surface area contributed by atoms with Crippen LogP contribution in [0.4, 0.5) is 0 Å². The highest BCUT2D eigenvalue weighted by Gasteiger charge is 2.02. The molecule has 0 fully saturated rings. The third-order valence-corrected chi connectivity index (χ3v) is 2.31. The molecule has 0 unspecified atom stereocenters. The molecule has 0 aliphatic carbocycles. The van der Waals surface area contributed by atoms with Crippen molar-refractivity contribution in [1.29, 1.82) is 0 Å². The Kier molecular flexibility index (Phi) is 4.15. The van der Waals surface area contributed by atoms with Gasteiger partial charge in [0, 0.05) is 24.8 Å². The largest absolute Gasteiger partial charge is 0.370 e. The van der Waals surface area contributed by atoms with Gasteiger partial charge in [-0.1, -0.05) is 6.92 Å². The molecule has 5 heteroatoms. The standard InChI is InChI=1S/C10H19N5/c1-4-5-12-10(11)13-6-9-7-14-15(3)8(9)2/h7H,4-6H2,1-3H3,(H3,11,12,13). The third-order valence-electron chi connectivity index (χ3n) is 2.31. The number of hydrogen-bond donors (Lipinski definition) is 2. The molecular formula is C10H19N5. The van der Waals surface area contributed by atoms with E-state index in [0.29, 0.717) is 12.5 Å². The van der Waals surface area contributed by atoms with Crippen molar-refractivity contribution in [2.24, 2.45) is 17.8 Å². The average Bonchev–Trinajstić information content (AvgIpc) is 2.54. The first-order valence-electron chi connectivity index (χ1n) is 5.16. The second-order valence-electron chi connectivity index (χ2n) is 3.51. The van der Waals surface area contributed by atoms with Crippen molar-refractivity contribution in [3.8, 4) is 0 Å². The van der Waals surface area contributed by atoms with Crippen LogP contribution in [0.25, 0.3) is 0 Å². The Labute approximate surface area is 90.4 Å². The summed E-state index contributed by atoms with van der Waals surface area (Å²) in [5.74, 6) is 0.500. The lowest BCUT2D eigenvalue weighted by Crippen LogP contribution is -2.32. The zero-order valence-electron chi connectivity index (χ0n) is 9.62. The summed E-state index contributed by atoms with van der Waals surface area (Å²) in [5, 5.41) is 7.17. The van der Waals surface area contributed by atoms with Crippen LogP contribution in [0.3, 0.4) is 0 Å². The lowest BCUT2D eigenvalue weighted by atomic mass is 10.3. The lowest BCUT2D eigenvalue weighted by Gasteiger charge is -2.03. The first-order valence-corrected chi connectivity index (χ1v) is 5.16. The van der Waals surface area contributed by atoms with Crippen molar-refractivity contribution in [3.05, 3.63) is 17.5 Å². The fourth-order valence-electron chi connectivity index (χ4n) is 1.18. The van der Waals surface area contributed by atoms with Crippen LogP contribution < -0.4 is 11.1 Å². The molecule has 0 aliphatic heterocycles. The Morgan fingerprint density at radius 3 is 2.93 bits per heavy atom. The quantitative estimate of drug-likeness (QED) is 0.562. The summed E-state index contributed by atoms with van der Waals surface area (Å²) in [4.78, 5) is 4.24. The highest BCUT2D eigenvalue weighted by molar-refractivity contribution is 5.77. The molecule has 0 aromatic carbocycles. The monoisotopic (exact) mass is 209 g/mol. The number of hydrogen-bond acceptors (Lipinski definition) is 2. The molecule has 1 aromatic heterocycles. The Hall–Kier alpha value is -1.52. The molecule has 0 aliphatic rings. The van der Waals surface area contributed by atoms with Gasteiger partial charge in [0.05, 0.1) is 12.7 Å². The van der Waals surface area contributed by atoms with Crippen molar-refractivity contribution in [2.45, 2.75) is 26.8 Å². The van der Waals surface area contributed by atoms with Gasteiger partial charge in [-0.3, -0.25) is 4.68 Å². The minimum Gasteiger partial charge on any atom is -0.370 e. The van der Waals surface area contributed by atoms with E-state index in [1.807, 2.05) is 24.9 Å². The highest BCUT2D eigenvalue weighted by atomic mass is 15.3. The van der Waals surface area contributed by atoms with Crippen LogP contribution in [0.5, 0.6) is 0 Å². The Bertz CT molecular complexity index is 340.